The summed E-state index contributed by atoms with van der Waals surface area (Å²) in [5, 5.41) is 1.09. The van der Waals surface area contributed by atoms with Crippen LogP contribution < -0.4 is 0 Å². The number of nitrogens with zero attached hydrogens (tertiary/aromatic N) is 2. The van der Waals surface area contributed by atoms with Gasteiger partial charge in [0.1, 0.15) is 5.70 Å². The first-order valence-electron chi connectivity index (χ1n) is 9.00. The number of ether oxygens (including phenoxy) is 1. The Balaban J connectivity index is 1.81. The molecule has 1 N–H and O–H groups in total. The van der Waals surface area contributed by atoms with E-state index in [1.807, 2.05) is 73.8 Å². The Morgan fingerprint density at radius 1 is 1.15 bits per heavy atom. The maximum Gasteiger partial charge on any atom is 0.256 e. The summed E-state index contributed by atoms with van der Waals surface area (Å²) in [7, 11) is 1.77. The monoisotopic (exact) mass is 359 g/mol. The Morgan fingerprint density at radius 2 is 1.89 bits per heavy atom. The number of aromatic nitrogens is 1. The second-order valence-electron chi connectivity index (χ2n) is 6.40. The third-order valence-electron chi connectivity index (χ3n) is 4.70. The molecular formula is C22H21N3O2. The highest BCUT2D eigenvalue weighted by Crippen LogP contribution is 2.30. The van der Waals surface area contributed by atoms with E-state index in [-0.39, 0.29) is 5.91 Å². The van der Waals surface area contributed by atoms with Crippen LogP contribution in [-0.4, -0.2) is 35.3 Å². The molecule has 0 fully saturated rings. The van der Waals surface area contributed by atoms with Crippen molar-refractivity contribution in [3.05, 3.63) is 77.6 Å². The molecule has 0 bridgehead atoms. The van der Waals surface area contributed by atoms with E-state index in [4.69, 9.17) is 4.74 Å². The van der Waals surface area contributed by atoms with Crippen molar-refractivity contribution in [1.29, 1.82) is 0 Å². The molecule has 2 heterocycles. The van der Waals surface area contributed by atoms with Gasteiger partial charge >= 0.3 is 0 Å². The Bertz CT molecular complexity index is 1030. The Morgan fingerprint density at radius 3 is 2.67 bits per heavy atom. The van der Waals surface area contributed by atoms with Crippen LogP contribution in [0.4, 0.5) is 0 Å². The van der Waals surface area contributed by atoms with Gasteiger partial charge < -0.3 is 14.6 Å². The number of nitrogens with one attached hydrogen (secondary N) is 1. The lowest BCUT2D eigenvalue weighted by molar-refractivity contribution is -0.129. The summed E-state index contributed by atoms with van der Waals surface area (Å²) in [6, 6.07) is 17.1. The minimum atomic E-state index is -0.585. The lowest BCUT2D eigenvalue weighted by Crippen LogP contribution is -2.39. The molecule has 1 aliphatic rings. The molecule has 1 atom stereocenters. The first kappa shape index (κ1) is 17.1. The lowest BCUT2D eigenvalue weighted by atomic mass is 10.0. The van der Waals surface area contributed by atoms with E-state index in [1.54, 1.807) is 11.9 Å². The molecule has 3 aromatic rings. The molecule has 1 aliphatic heterocycles. The van der Waals surface area contributed by atoms with Crippen molar-refractivity contribution in [3.8, 4) is 0 Å². The Hall–Kier alpha value is -3.34. The molecule has 0 radical (unpaired) electrons. The molecule has 1 unspecified atom stereocenters. The van der Waals surface area contributed by atoms with Gasteiger partial charge in [-0.3, -0.25) is 4.79 Å². The molecule has 5 nitrogen and oxygen atoms in total. The number of para-hydroxylation sites is 1. The fraction of sp³-hybridized carbons (Fsp3) is 0.182. The predicted octanol–water partition coefficient (Wildman–Crippen LogP) is 4.16. The first-order valence-corrected chi connectivity index (χ1v) is 9.00. The van der Waals surface area contributed by atoms with Crippen molar-refractivity contribution in [2.45, 2.75) is 13.0 Å². The van der Waals surface area contributed by atoms with Gasteiger partial charge in [-0.1, -0.05) is 48.5 Å². The fourth-order valence-electron chi connectivity index (χ4n) is 3.30. The summed E-state index contributed by atoms with van der Waals surface area (Å²) in [4.78, 5) is 22.5. The van der Waals surface area contributed by atoms with Gasteiger partial charge in [0.25, 0.3) is 5.91 Å². The SMILES string of the molecule is CCOC1=NC(c2ccccc2)C(=O)N(C)/C1=C\c1c[nH]c2ccccc12. The minimum absolute atomic E-state index is 0.0734. The zero-order valence-corrected chi connectivity index (χ0v) is 15.3. The maximum atomic E-state index is 13.0. The third kappa shape index (κ3) is 3.12. The van der Waals surface area contributed by atoms with Crippen LogP contribution in [0.25, 0.3) is 17.0 Å². The Labute approximate surface area is 158 Å². The summed E-state index contributed by atoms with van der Waals surface area (Å²) in [5.41, 5.74) is 3.56. The van der Waals surface area contributed by atoms with Gasteiger partial charge in [0.15, 0.2) is 6.04 Å². The van der Waals surface area contributed by atoms with E-state index >= 15 is 0 Å². The van der Waals surface area contributed by atoms with Crippen molar-refractivity contribution in [2.24, 2.45) is 4.99 Å². The van der Waals surface area contributed by atoms with Gasteiger partial charge in [0.2, 0.25) is 5.90 Å². The molecule has 2 aromatic carbocycles. The quantitative estimate of drug-likeness (QED) is 0.763. The number of rotatable bonds is 3. The molecule has 0 saturated heterocycles. The predicted molar refractivity (Wildman–Crippen MR) is 107 cm³/mol. The second-order valence-corrected chi connectivity index (χ2v) is 6.40. The molecule has 5 heteroatoms. The number of aliphatic imine (C=N–C) groups is 1. The molecule has 27 heavy (non-hydrogen) atoms. The van der Waals surface area contributed by atoms with Gasteiger partial charge in [0, 0.05) is 29.7 Å². The fourth-order valence-corrected chi connectivity index (χ4v) is 3.30. The van der Waals surface area contributed by atoms with Crippen molar-refractivity contribution >= 4 is 28.8 Å². The van der Waals surface area contributed by atoms with Crippen molar-refractivity contribution in [2.75, 3.05) is 13.7 Å². The summed E-state index contributed by atoms with van der Waals surface area (Å²) in [5.74, 6) is 0.412. The van der Waals surface area contributed by atoms with Gasteiger partial charge in [-0.15, -0.1) is 0 Å². The van der Waals surface area contributed by atoms with Crippen LogP contribution in [-0.2, 0) is 9.53 Å². The highest BCUT2D eigenvalue weighted by Gasteiger charge is 2.33. The number of carbonyl (C=O) groups is 1. The van der Waals surface area contributed by atoms with Crippen molar-refractivity contribution in [3.63, 3.8) is 0 Å². The van der Waals surface area contributed by atoms with E-state index in [2.05, 4.69) is 9.98 Å². The van der Waals surface area contributed by atoms with Crippen LogP contribution in [0.1, 0.15) is 24.1 Å². The van der Waals surface area contributed by atoms with Gasteiger partial charge in [0.05, 0.1) is 6.61 Å². The number of likely N-dealkylation sites (N-methyl/N-ethyl adjacent to an activating group) is 1. The summed E-state index contributed by atoms with van der Waals surface area (Å²) >= 11 is 0. The highest BCUT2D eigenvalue weighted by molar-refractivity contribution is 6.07. The third-order valence-corrected chi connectivity index (χ3v) is 4.70. The van der Waals surface area contributed by atoms with Crippen molar-refractivity contribution < 1.29 is 9.53 Å². The van der Waals surface area contributed by atoms with Gasteiger partial charge in [-0.2, -0.15) is 0 Å². The molecule has 1 aromatic heterocycles. The normalized spacial score (nSPS) is 18.8. The van der Waals surface area contributed by atoms with E-state index in [9.17, 15) is 4.79 Å². The van der Waals surface area contributed by atoms with Crippen LogP contribution in [0.15, 0.2) is 71.5 Å². The zero-order valence-electron chi connectivity index (χ0n) is 15.3. The lowest BCUT2D eigenvalue weighted by Gasteiger charge is -2.30. The van der Waals surface area contributed by atoms with Crippen LogP contribution in [0.2, 0.25) is 0 Å². The van der Waals surface area contributed by atoms with E-state index in [0.717, 1.165) is 22.0 Å². The Kier molecular flexibility index (Phi) is 4.50. The van der Waals surface area contributed by atoms with Crippen LogP contribution in [0, 0.1) is 0 Å². The summed E-state index contributed by atoms with van der Waals surface area (Å²) in [6.45, 7) is 2.40. The number of benzene rings is 2. The smallest absolute Gasteiger partial charge is 0.256 e. The van der Waals surface area contributed by atoms with E-state index < -0.39 is 6.04 Å². The highest BCUT2D eigenvalue weighted by atomic mass is 16.5. The summed E-state index contributed by atoms with van der Waals surface area (Å²) in [6.07, 6.45) is 3.88. The average Bonchev–Trinajstić information content (AvgIpc) is 3.11. The van der Waals surface area contributed by atoms with Gasteiger partial charge in [-0.25, -0.2) is 4.99 Å². The molecule has 0 aliphatic carbocycles. The van der Waals surface area contributed by atoms with Gasteiger partial charge in [-0.05, 0) is 24.6 Å². The molecular weight excluding hydrogens is 338 g/mol. The molecule has 136 valence electrons. The van der Waals surface area contributed by atoms with Crippen LogP contribution in [0.3, 0.4) is 0 Å². The second kappa shape index (κ2) is 7.11. The molecule has 1 amide bonds. The van der Waals surface area contributed by atoms with E-state index in [1.165, 1.54) is 0 Å². The minimum Gasteiger partial charge on any atom is -0.477 e. The van der Waals surface area contributed by atoms with Crippen LogP contribution >= 0.6 is 0 Å². The molecule has 0 spiro atoms. The van der Waals surface area contributed by atoms with Crippen LogP contribution in [0.5, 0.6) is 0 Å². The van der Waals surface area contributed by atoms with E-state index in [0.29, 0.717) is 18.2 Å². The maximum absolute atomic E-state index is 13.0. The summed E-state index contributed by atoms with van der Waals surface area (Å²) < 4.78 is 5.80. The average molecular weight is 359 g/mol. The number of H-pyrrole nitrogens is 1. The number of fused-ring (bicyclic) bond motifs is 1. The molecule has 0 saturated carbocycles. The first-order chi connectivity index (χ1) is 13.2. The number of carbonyl (C=O) groups excluding carboxylic acids is 1. The van der Waals surface area contributed by atoms with Crippen molar-refractivity contribution in [1.82, 2.24) is 9.88 Å². The number of hydrogen-bond acceptors (Lipinski definition) is 3. The number of aromatic amines is 1. The molecule has 4 rings (SSSR count). The largest absolute Gasteiger partial charge is 0.477 e. The number of hydrogen-bond donors (Lipinski definition) is 1. The number of amides is 1. The topological polar surface area (TPSA) is 57.7 Å². The zero-order chi connectivity index (χ0) is 18.8. The standard InChI is InChI=1S/C22H21N3O2/c1-3-27-21-19(13-16-14-23-18-12-8-7-11-17(16)18)25(2)22(26)20(24-21)15-9-5-4-6-10-15/h4-14,20,23H,3H2,1-2H3/b19-13-.